The molecule has 0 bridgehead atoms. The quantitative estimate of drug-likeness (QED) is 0.848. The molecule has 1 aromatic heterocycles. The first-order chi connectivity index (χ1) is 9.53. The number of aromatic nitrogens is 2. The van der Waals surface area contributed by atoms with E-state index in [0.717, 1.165) is 5.69 Å². The lowest BCUT2D eigenvalue weighted by Gasteiger charge is -2.10. The van der Waals surface area contributed by atoms with E-state index >= 15 is 0 Å². The SMILES string of the molecule is COc1cc(Cl)ccc1S(=O)(=O)NCCc1cnc[nH]1. The number of rotatable bonds is 6. The van der Waals surface area contributed by atoms with Crippen LogP contribution < -0.4 is 9.46 Å². The van der Waals surface area contributed by atoms with Crippen molar-refractivity contribution < 1.29 is 13.2 Å². The van der Waals surface area contributed by atoms with Gasteiger partial charge in [0, 0.05) is 35.9 Å². The number of halogens is 1. The first kappa shape index (κ1) is 14.8. The minimum absolute atomic E-state index is 0.0639. The van der Waals surface area contributed by atoms with Crippen LogP contribution in [0.15, 0.2) is 35.6 Å². The number of benzene rings is 1. The lowest BCUT2D eigenvalue weighted by atomic mass is 10.3. The van der Waals surface area contributed by atoms with Gasteiger partial charge in [0.15, 0.2) is 0 Å². The van der Waals surface area contributed by atoms with Crippen LogP contribution in [0.1, 0.15) is 5.69 Å². The summed E-state index contributed by atoms with van der Waals surface area (Å²) in [5.74, 6) is 0.214. The molecule has 6 nitrogen and oxygen atoms in total. The number of methoxy groups -OCH3 is 1. The van der Waals surface area contributed by atoms with Crippen molar-refractivity contribution in [2.75, 3.05) is 13.7 Å². The van der Waals surface area contributed by atoms with Gasteiger partial charge in [-0.05, 0) is 12.1 Å². The van der Waals surface area contributed by atoms with E-state index in [2.05, 4.69) is 14.7 Å². The summed E-state index contributed by atoms with van der Waals surface area (Å²) < 4.78 is 31.9. The van der Waals surface area contributed by atoms with E-state index in [1.807, 2.05) is 0 Å². The topological polar surface area (TPSA) is 84.1 Å². The van der Waals surface area contributed by atoms with Crippen molar-refractivity contribution in [3.63, 3.8) is 0 Å². The van der Waals surface area contributed by atoms with Crippen LogP contribution in [0.25, 0.3) is 0 Å². The highest BCUT2D eigenvalue weighted by atomic mass is 35.5. The molecule has 2 aromatic rings. The van der Waals surface area contributed by atoms with Gasteiger partial charge >= 0.3 is 0 Å². The number of imidazole rings is 1. The number of nitrogens with one attached hydrogen (secondary N) is 2. The zero-order valence-corrected chi connectivity index (χ0v) is 12.3. The van der Waals surface area contributed by atoms with Gasteiger partial charge in [-0.3, -0.25) is 0 Å². The molecule has 1 heterocycles. The summed E-state index contributed by atoms with van der Waals surface area (Å²) in [6, 6.07) is 4.39. The molecule has 0 aliphatic rings. The number of sulfonamides is 1. The monoisotopic (exact) mass is 315 g/mol. The normalized spacial score (nSPS) is 11.5. The van der Waals surface area contributed by atoms with Crippen LogP contribution in [0, 0.1) is 0 Å². The fourth-order valence-corrected chi connectivity index (χ4v) is 3.03. The smallest absolute Gasteiger partial charge is 0.244 e. The maximum Gasteiger partial charge on any atom is 0.244 e. The highest BCUT2D eigenvalue weighted by Gasteiger charge is 2.19. The fourth-order valence-electron chi connectivity index (χ4n) is 1.68. The third-order valence-corrected chi connectivity index (χ3v) is 4.39. The Morgan fingerprint density at radius 3 is 2.90 bits per heavy atom. The molecule has 0 amide bonds. The van der Waals surface area contributed by atoms with Gasteiger partial charge in [-0.2, -0.15) is 0 Å². The third-order valence-electron chi connectivity index (χ3n) is 2.66. The van der Waals surface area contributed by atoms with Crippen molar-refractivity contribution >= 4 is 21.6 Å². The van der Waals surface area contributed by atoms with E-state index in [4.69, 9.17) is 16.3 Å². The summed E-state index contributed by atoms with van der Waals surface area (Å²) in [6.07, 6.45) is 3.72. The summed E-state index contributed by atoms with van der Waals surface area (Å²) in [5.41, 5.74) is 0.857. The molecule has 20 heavy (non-hydrogen) atoms. The van der Waals surface area contributed by atoms with E-state index in [9.17, 15) is 8.42 Å². The number of hydrogen-bond donors (Lipinski definition) is 2. The van der Waals surface area contributed by atoms with E-state index < -0.39 is 10.0 Å². The second-order valence-corrected chi connectivity index (χ2v) is 6.19. The average Bonchev–Trinajstić information content (AvgIpc) is 2.91. The Balaban J connectivity index is 2.10. The number of H-pyrrole nitrogens is 1. The molecule has 0 atom stereocenters. The number of aromatic amines is 1. The predicted molar refractivity (Wildman–Crippen MR) is 75.5 cm³/mol. The van der Waals surface area contributed by atoms with Gasteiger partial charge in [-0.15, -0.1) is 0 Å². The first-order valence-corrected chi connectivity index (χ1v) is 7.69. The molecule has 0 saturated heterocycles. The molecule has 1 aromatic carbocycles. The molecule has 0 saturated carbocycles. The second-order valence-electron chi connectivity index (χ2n) is 4.02. The summed E-state index contributed by atoms with van der Waals surface area (Å²) >= 11 is 5.81. The van der Waals surface area contributed by atoms with Crippen LogP contribution >= 0.6 is 11.6 Å². The van der Waals surface area contributed by atoms with Crippen LogP contribution in [0.4, 0.5) is 0 Å². The van der Waals surface area contributed by atoms with E-state index in [1.54, 1.807) is 12.5 Å². The van der Waals surface area contributed by atoms with Gasteiger partial charge in [0.25, 0.3) is 0 Å². The molecule has 0 radical (unpaired) electrons. The largest absolute Gasteiger partial charge is 0.495 e. The zero-order valence-electron chi connectivity index (χ0n) is 10.8. The predicted octanol–water partition coefficient (Wildman–Crippen LogP) is 1.59. The Bertz CT molecular complexity index is 671. The average molecular weight is 316 g/mol. The van der Waals surface area contributed by atoms with Gasteiger partial charge in [0.1, 0.15) is 10.6 Å². The zero-order chi connectivity index (χ0) is 14.6. The maximum absolute atomic E-state index is 12.2. The highest BCUT2D eigenvalue weighted by Crippen LogP contribution is 2.26. The summed E-state index contributed by atoms with van der Waals surface area (Å²) in [6.45, 7) is 0.260. The lowest BCUT2D eigenvalue weighted by Crippen LogP contribution is -2.26. The Morgan fingerprint density at radius 2 is 2.25 bits per heavy atom. The van der Waals surface area contributed by atoms with Crippen LogP contribution in [-0.2, 0) is 16.4 Å². The van der Waals surface area contributed by atoms with Gasteiger partial charge in [0.05, 0.1) is 13.4 Å². The van der Waals surface area contributed by atoms with E-state index in [0.29, 0.717) is 11.4 Å². The summed E-state index contributed by atoms with van der Waals surface area (Å²) in [4.78, 5) is 6.83. The molecular formula is C12H14ClN3O3S. The minimum atomic E-state index is -3.64. The molecule has 2 rings (SSSR count). The van der Waals surface area contributed by atoms with Crippen molar-refractivity contribution in [1.29, 1.82) is 0 Å². The standard InChI is InChI=1S/C12H14ClN3O3S/c1-19-11-6-9(13)2-3-12(11)20(17,18)16-5-4-10-7-14-8-15-10/h2-3,6-8,16H,4-5H2,1H3,(H,14,15). The Morgan fingerprint density at radius 1 is 1.45 bits per heavy atom. The molecule has 0 spiro atoms. The van der Waals surface area contributed by atoms with Crippen molar-refractivity contribution in [2.45, 2.75) is 11.3 Å². The molecule has 108 valence electrons. The van der Waals surface area contributed by atoms with Crippen LogP contribution in [0.5, 0.6) is 5.75 Å². The fraction of sp³-hybridized carbons (Fsp3) is 0.250. The van der Waals surface area contributed by atoms with Crippen LogP contribution in [0.3, 0.4) is 0 Å². The Labute approximate surface area is 122 Å². The number of ether oxygens (including phenoxy) is 1. The molecular weight excluding hydrogens is 302 g/mol. The number of nitrogens with zero attached hydrogens (tertiary/aromatic N) is 1. The van der Waals surface area contributed by atoms with Crippen molar-refractivity contribution in [3.05, 3.63) is 41.4 Å². The van der Waals surface area contributed by atoms with Crippen molar-refractivity contribution in [2.24, 2.45) is 0 Å². The van der Waals surface area contributed by atoms with Gasteiger partial charge in [-0.25, -0.2) is 18.1 Å². The van der Waals surface area contributed by atoms with Gasteiger partial charge in [0.2, 0.25) is 10.0 Å². The highest BCUT2D eigenvalue weighted by molar-refractivity contribution is 7.89. The minimum Gasteiger partial charge on any atom is -0.495 e. The summed E-state index contributed by atoms with van der Waals surface area (Å²) in [5, 5.41) is 0.415. The van der Waals surface area contributed by atoms with E-state index in [1.165, 1.54) is 25.3 Å². The third kappa shape index (κ3) is 3.50. The molecule has 8 heteroatoms. The van der Waals surface area contributed by atoms with Crippen molar-refractivity contribution in [3.8, 4) is 5.75 Å². The molecule has 0 unspecified atom stereocenters. The second kappa shape index (κ2) is 6.25. The maximum atomic E-state index is 12.2. The van der Waals surface area contributed by atoms with Gasteiger partial charge < -0.3 is 9.72 Å². The molecule has 0 aliphatic heterocycles. The summed E-state index contributed by atoms with van der Waals surface area (Å²) in [7, 11) is -2.24. The lowest BCUT2D eigenvalue weighted by molar-refractivity contribution is 0.402. The molecule has 0 aliphatic carbocycles. The van der Waals surface area contributed by atoms with Crippen LogP contribution in [0.2, 0.25) is 5.02 Å². The van der Waals surface area contributed by atoms with Gasteiger partial charge in [-0.1, -0.05) is 11.6 Å². The Kier molecular flexibility index (Phi) is 4.64. The van der Waals surface area contributed by atoms with E-state index in [-0.39, 0.29) is 17.2 Å². The molecule has 2 N–H and O–H groups in total. The number of hydrogen-bond acceptors (Lipinski definition) is 4. The van der Waals surface area contributed by atoms with Crippen LogP contribution in [-0.4, -0.2) is 32.0 Å². The Hall–Kier alpha value is -1.57. The van der Waals surface area contributed by atoms with Crippen molar-refractivity contribution in [1.82, 2.24) is 14.7 Å². The molecule has 0 fully saturated rings. The first-order valence-electron chi connectivity index (χ1n) is 5.83.